The Morgan fingerprint density at radius 3 is 2.61 bits per heavy atom. The fourth-order valence-electron chi connectivity index (χ4n) is 8.39. The van der Waals surface area contributed by atoms with E-state index in [1.807, 2.05) is 11.9 Å². The smallest absolute Gasteiger partial charge is 0.270 e. The number of nitrogens with one attached hydrogen (secondary N) is 1. The van der Waals surface area contributed by atoms with Crippen LogP contribution in [-0.2, 0) is 4.79 Å². The van der Waals surface area contributed by atoms with Gasteiger partial charge in [-0.05, 0) is 79.6 Å². The van der Waals surface area contributed by atoms with E-state index in [0.29, 0.717) is 41.7 Å². The standard InChI is InChI=1S/C26H35N3O4/c1-25-13-11-20-18(7-10-22-26(20,2)14-12-23(30)28(22)3)19(25)8-9-21(25)27-24(31)16-5-4-6-17(15-16)29(32)33/h4-6,15,18-22H,7-14H2,1-3H3,(H,27,31)/t18-,19-,20+,21?,22?,25-,26+/m0/s1. The van der Waals surface area contributed by atoms with Gasteiger partial charge in [0.25, 0.3) is 11.6 Å². The summed E-state index contributed by atoms with van der Waals surface area (Å²) < 4.78 is 0. The number of nitrogens with zero attached hydrogens (tertiary/aromatic N) is 2. The third kappa shape index (κ3) is 3.38. The van der Waals surface area contributed by atoms with E-state index in [1.54, 1.807) is 12.1 Å². The molecule has 7 nitrogen and oxygen atoms in total. The van der Waals surface area contributed by atoms with Crippen molar-refractivity contribution in [2.75, 3.05) is 7.05 Å². The molecule has 5 rings (SSSR count). The number of carbonyl (C=O) groups is 2. The highest BCUT2D eigenvalue weighted by molar-refractivity contribution is 5.95. The monoisotopic (exact) mass is 453 g/mol. The van der Waals surface area contributed by atoms with Gasteiger partial charge in [-0.25, -0.2) is 0 Å². The Kier molecular flexibility index (Phi) is 5.29. The van der Waals surface area contributed by atoms with E-state index in [-0.39, 0.29) is 28.5 Å². The molecule has 33 heavy (non-hydrogen) atoms. The molecule has 2 amide bonds. The number of rotatable bonds is 3. The third-order valence-corrected chi connectivity index (χ3v) is 10.2. The molecular formula is C26H35N3O4. The Bertz CT molecular complexity index is 996. The molecule has 1 aliphatic heterocycles. The Hall–Kier alpha value is -2.44. The molecule has 178 valence electrons. The lowest BCUT2D eigenvalue weighted by molar-refractivity contribution is -0.384. The summed E-state index contributed by atoms with van der Waals surface area (Å²) in [5.41, 5.74) is 0.543. The second-order valence-corrected chi connectivity index (χ2v) is 11.4. The number of carbonyl (C=O) groups excluding carboxylic acids is 2. The Labute approximate surface area is 195 Å². The second kappa shape index (κ2) is 7.81. The highest BCUT2D eigenvalue weighted by Crippen LogP contribution is 2.64. The summed E-state index contributed by atoms with van der Waals surface area (Å²) in [6.45, 7) is 4.78. The summed E-state index contributed by atoms with van der Waals surface area (Å²) in [5.74, 6) is 1.94. The van der Waals surface area contributed by atoms with Crippen LogP contribution < -0.4 is 5.32 Å². The molecule has 3 saturated carbocycles. The van der Waals surface area contributed by atoms with E-state index in [9.17, 15) is 19.7 Å². The molecule has 1 heterocycles. The number of benzene rings is 1. The topological polar surface area (TPSA) is 92.6 Å². The van der Waals surface area contributed by atoms with Crippen LogP contribution in [0.5, 0.6) is 0 Å². The van der Waals surface area contributed by atoms with Gasteiger partial charge >= 0.3 is 0 Å². The van der Waals surface area contributed by atoms with Crippen molar-refractivity contribution in [3.63, 3.8) is 0 Å². The molecule has 7 atom stereocenters. The summed E-state index contributed by atoms with van der Waals surface area (Å²) >= 11 is 0. The van der Waals surface area contributed by atoms with Crippen LogP contribution in [0.25, 0.3) is 0 Å². The lowest BCUT2D eigenvalue weighted by Gasteiger charge is -2.61. The largest absolute Gasteiger partial charge is 0.349 e. The van der Waals surface area contributed by atoms with Gasteiger partial charge in [0.15, 0.2) is 0 Å². The minimum atomic E-state index is -0.460. The predicted octanol–water partition coefficient (Wildman–Crippen LogP) is 4.56. The van der Waals surface area contributed by atoms with Crippen LogP contribution in [-0.4, -0.2) is 40.8 Å². The molecule has 1 saturated heterocycles. The zero-order valence-electron chi connectivity index (χ0n) is 19.9. The van der Waals surface area contributed by atoms with Crippen molar-refractivity contribution in [2.24, 2.45) is 28.6 Å². The van der Waals surface area contributed by atoms with Gasteiger partial charge in [0.2, 0.25) is 5.91 Å². The van der Waals surface area contributed by atoms with Gasteiger partial charge in [-0.2, -0.15) is 0 Å². The molecular weight excluding hydrogens is 418 g/mol. The van der Waals surface area contributed by atoms with Crippen molar-refractivity contribution in [3.05, 3.63) is 39.9 Å². The number of hydrogen-bond donors (Lipinski definition) is 1. The summed E-state index contributed by atoms with van der Waals surface area (Å²) in [7, 11) is 1.99. The average molecular weight is 454 g/mol. The number of amides is 2. The number of fused-ring (bicyclic) bond motifs is 5. The molecule has 1 N–H and O–H groups in total. The van der Waals surface area contributed by atoms with E-state index in [0.717, 1.165) is 44.9 Å². The van der Waals surface area contributed by atoms with Crippen LogP contribution >= 0.6 is 0 Å². The summed E-state index contributed by atoms with van der Waals surface area (Å²) in [5, 5.41) is 14.4. The van der Waals surface area contributed by atoms with E-state index in [2.05, 4.69) is 19.2 Å². The molecule has 0 bridgehead atoms. The fourth-order valence-corrected chi connectivity index (χ4v) is 8.39. The Morgan fingerprint density at radius 1 is 1.09 bits per heavy atom. The average Bonchev–Trinajstić information content (AvgIpc) is 3.13. The fraction of sp³-hybridized carbons (Fsp3) is 0.692. The first kappa shape index (κ1) is 22.4. The molecule has 7 heteroatoms. The number of nitro groups is 1. The van der Waals surface area contributed by atoms with Crippen LogP contribution in [0.1, 0.15) is 75.6 Å². The maximum absolute atomic E-state index is 13.0. The maximum Gasteiger partial charge on any atom is 0.270 e. The summed E-state index contributed by atoms with van der Waals surface area (Å²) in [4.78, 5) is 38.0. The van der Waals surface area contributed by atoms with Crippen molar-refractivity contribution in [3.8, 4) is 0 Å². The minimum Gasteiger partial charge on any atom is -0.349 e. The maximum atomic E-state index is 13.0. The molecule has 1 aromatic carbocycles. The first-order valence-electron chi connectivity index (χ1n) is 12.5. The van der Waals surface area contributed by atoms with Gasteiger partial charge in [0.05, 0.1) is 4.92 Å². The van der Waals surface area contributed by atoms with Crippen molar-refractivity contribution in [1.82, 2.24) is 10.2 Å². The lowest BCUT2D eigenvalue weighted by Crippen LogP contribution is -2.62. The van der Waals surface area contributed by atoms with Crippen molar-refractivity contribution < 1.29 is 14.5 Å². The van der Waals surface area contributed by atoms with Crippen LogP contribution in [0.3, 0.4) is 0 Å². The van der Waals surface area contributed by atoms with E-state index < -0.39 is 4.92 Å². The zero-order chi connectivity index (χ0) is 23.5. The zero-order valence-corrected chi connectivity index (χ0v) is 19.9. The number of non-ortho nitro benzene ring substituents is 1. The first-order chi connectivity index (χ1) is 15.6. The molecule has 2 unspecified atom stereocenters. The van der Waals surface area contributed by atoms with Crippen LogP contribution in [0.15, 0.2) is 24.3 Å². The minimum absolute atomic E-state index is 0.0527. The van der Waals surface area contributed by atoms with Gasteiger partial charge in [0, 0.05) is 43.2 Å². The number of likely N-dealkylation sites (tertiary alicyclic amines) is 1. The Balaban J connectivity index is 1.34. The first-order valence-corrected chi connectivity index (χ1v) is 12.5. The van der Waals surface area contributed by atoms with Crippen LogP contribution in [0, 0.1) is 38.7 Å². The van der Waals surface area contributed by atoms with Crippen molar-refractivity contribution >= 4 is 17.5 Å². The SMILES string of the molecule is CN1C(=O)CC[C@@]2(C)C1CC[C@@H]1[C@H]2CC[C@]2(C)C(NC(=O)c3cccc([N+](=O)[O-])c3)CC[C@@H]12. The quantitative estimate of drug-likeness (QED) is 0.536. The van der Waals surface area contributed by atoms with E-state index in [4.69, 9.17) is 0 Å². The van der Waals surface area contributed by atoms with Gasteiger partial charge in [-0.15, -0.1) is 0 Å². The van der Waals surface area contributed by atoms with Crippen molar-refractivity contribution in [1.29, 1.82) is 0 Å². The normalized spacial score (nSPS) is 39.9. The molecule has 4 fully saturated rings. The van der Waals surface area contributed by atoms with Gasteiger partial charge < -0.3 is 10.2 Å². The summed E-state index contributed by atoms with van der Waals surface area (Å²) in [6.07, 6.45) is 8.21. The number of piperidine rings is 1. The Morgan fingerprint density at radius 2 is 1.85 bits per heavy atom. The molecule has 0 radical (unpaired) electrons. The highest BCUT2D eigenvalue weighted by atomic mass is 16.6. The van der Waals surface area contributed by atoms with Crippen molar-refractivity contribution in [2.45, 2.75) is 77.3 Å². The second-order valence-electron chi connectivity index (χ2n) is 11.4. The number of nitro benzene ring substituents is 1. The van der Waals surface area contributed by atoms with Gasteiger partial charge in [-0.3, -0.25) is 19.7 Å². The molecule has 0 aromatic heterocycles. The third-order valence-electron chi connectivity index (χ3n) is 10.2. The molecule has 1 aromatic rings. The predicted molar refractivity (Wildman–Crippen MR) is 125 cm³/mol. The summed E-state index contributed by atoms with van der Waals surface area (Å²) in [6, 6.07) is 6.45. The van der Waals surface area contributed by atoms with Crippen LogP contribution in [0.2, 0.25) is 0 Å². The van der Waals surface area contributed by atoms with E-state index in [1.165, 1.54) is 12.1 Å². The van der Waals surface area contributed by atoms with Crippen LogP contribution in [0.4, 0.5) is 5.69 Å². The molecule has 4 aliphatic rings. The van der Waals surface area contributed by atoms with Gasteiger partial charge in [-0.1, -0.05) is 19.9 Å². The lowest BCUT2D eigenvalue weighted by atomic mass is 9.47. The number of hydrogen-bond acceptors (Lipinski definition) is 4. The van der Waals surface area contributed by atoms with Gasteiger partial charge in [0.1, 0.15) is 0 Å². The molecule has 3 aliphatic carbocycles. The highest BCUT2D eigenvalue weighted by Gasteiger charge is 2.61. The van der Waals surface area contributed by atoms with E-state index >= 15 is 0 Å². The molecule has 0 spiro atoms.